The maximum absolute atomic E-state index is 11.8. The van der Waals surface area contributed by atoms with E-state index >= 15 is 0 Å². The summed E-state index contributed by atoms with van der Waals surface area (Å²) >= 11 is 4.31. The van der Waals surface area contributed by atoms with Gasteiger partial charge in [0.05, 0.1) is 5.69 Å². The minimum absolute atomic E-state index is 0.0666. The molecule has 0 aromatic heterocycles. The van der Waals surface area contributed by atoms with E-state index in [1.54, 1.807) is 18.2 Å². The molecule has 23 heavy (non-hydrogen) atoms. The highest BCUT2D eigenvalue weighted by Crippen LogP contribution is 2.28. The van der Waals surface area contributed by atoms with Gasteiger partial charge in [-0.05, 0) is 45.9 Å². The van der Waals surface area contributed by atoms with Crippen LogP contribution in [0.25, 0.3) is 0 Å². The third-order valence-corrected chi connectivity index (χ3v) is 3.80. The van der Waals surface area contributed by atoms with E-state index in [4.69, 9.17) is 19.5 Å². The highest BCUT2D eigenvalue weighted by atomic mass is 79.9. The zero-order valence-corrected chi connectivity index (χ0v) is 14.1. The molecule has 0 saturated heterocycles. The molecule has 0 atom stereocenters. The fourth-order valence-corrected chi connectivity index (χ4v) is 2.63. The summed E-state index contributed by atoms with van der Waals surface area (Å²) in [5.41, 5.74) is 0.504. The minimum atomic E-state index is -0.764. The van der Waals surface area contributed by atoms with Gasteiger partial charge in [-0.1, -0.05) is 0 Å². The fourth-order valence-electron chi connectivity index (χ4n) is 1.58. The van der Waals surface area contributed by atoms with Crippen LogP contribution in [0.15, 0.2) is 39.6 Å². The summed E-state index contributed by atoms with van der Waals surface area (Å²) in [6.45, 7) is 0.166. The molecule has 9 heteroatoms. The number of nitrogens with zero attached hydrogens (tertiary/aromatic N) is 1. The fraction of sp³-hybridized carbons (Fsp3) is 0.214. The van der Waals surface area contributed by atoms with Crippen molar-refractivity contribution in [3.63, 3.8) is 0 Å². The van der Waals surface area contributed by atoms with Gasteiger partial charge in [0.15, 0.2) is 6.61 Å². The molecule has 1 aromatic carbocycles. The minimum Gasteiger partial charge on any atom is -0.493 e. The molecule has 1 aliphatic heterocycles. The van der Waals surface area contributed by atoms with Gasteiger partial charge in [0.1, 0.15) is 24.9 Å². The summed E-state index contributed by atoms with van der Waals surface area (Å²) < 4.78 is 15.4. The van der Waals surface area contributed by atoms with Gasteiger partial charge in [0.25, 0.3) is 5.91 Å². The summed E-state index contributed by atoms with van der Waals surface area (Å²) in [6.07, 6.45) is 1.16. The number of nitrogens with one attached hydrogen (secondary N) is 1. The van der Waals surface area contributed by atoms with Crippen molar-refractivity contribution in [1.82, 2.24) is 0 Å². The van der Waals surface area contributed by atoms with Crippen LogP contribution >= 0.6 is 27.7 Å². The first-order valence-electron chi connectivity index (χ1n) is 6.37. The van der Waals surface area contributed by atoms with E-state index in [1.165, 1.54) is 0 Å². The maximum Gasteiger partial charge on any atom is 0.377 e. The van der Waals surface area contributed by atoms with Gasteiger partial charge < -0.3 is 19.5 Å². The van der Waals surface area contributed by atoms with Gasteiger partial charge in [-0.15, -0.1) is 0 Å². The summed E-state index contributed by atoms with van der Waals surface area (Å²) in [5.74, 6) is -1.33. The second-order valence-corrected chi connectivity index (χ2v) is 5.87. The molecule has 1 heterocycles. The van der Waals surface area contributed by atoms with Crippen LogP contribution in [0.5, 0.6) is 0 Å². The summed E-state index contributed by atoms with van der Waals surface area (Å²) in [6, 6.07) is 5.04. The van der Waals surface area contributed by atoms with Crippen molar-refractivity contribution in [2.75, 3.05) is 25.1 Å². The Hall–Kier alpha value is -2.18. The largest absolute Gasteiger partial charge is 0.493 e. The Bertz CT molecular complexity index is 686. The van der Waals surface area contributed by atoms with E-state index in [-0.39, 0.29) is 12.4 Å². The van der Waals surface area contributed by atoms with Crippen molar-refractivity contribution in [2.24, 2.45) is 0 Å². The normalized spacial score (nSPS) is 13.0. The average molecular weight is 399 g/mol. The van der Waals surface area contributed by atoms with E-state index in [9.17, 15) is 9.59 Å². The molecule has 0 radical (unpaired) electrons. The number of amides is 1. The smallest absolute Gasteiger partial charge is 0.377 e. The molecule has 1 aliphatic rings. The summed E-state index contributed by atoms with van der Waals surface area (Å²) in [7, 11) is 0. The Kier molecular flexibility index (Phi) is 6.31. The lowest BCUT2D eigenvalue weighted by molar-refractivity contribution is -0.148. The third-order valence-electron chi connectivity index (χ3n) is 2.56. The first-order valence-corrected chi connectivity index (χ1v) is 7.98. The number of nitriles is 1. The highest BCUT2D eigenvalue weighted by Gasteiger charge is 2.18. The van der Waals surface area contributed by atoms with Crippen molar-refractivity contribution >= 4 is 45.3 Å². The Morgan fingerprint density at radius 3 is 2.91 bits per heavy atom. The number of hydrogen-bond acceptors (Lipinski definition) is 7. The number of carbonyl (C=O) groups excluding carboxylic acids is 2. The Balaban J connectivity index is 1.86. The molecule has 0 bridgehead atoms. The number of ether oxygens (including phenoxy) is 3. The highest BCUT2D eigenvalue weighted by molar-refractivity contribution is 9.10. The molecule has 0 saturated carbocycles. The number of rotatable bonds is 5. The zero-order chi connectivity index (χ0) is 16.7. The van der Waals surface area contributed by atoms with Gasteiger partial charge in [-0.3, -0.25) is 4.79 Å². The Morgan fingerprint density at radius 2 is 2.26 bits per heavy atom. The van der Waals surface area contributed by atoms with E-state index in [2.05, 4.69) is 21.2 Å². The lowest BCUT2D eigenvalue weighted by atomic mass is 10.3. The average Bonchev–Trinajstić information content (AvgIpc) is 2.56. The van der Waals surface area contributed by atoms with E-state index < -0.39 is 18.5 Å². The number of esters is 1. The monoisotopic (exact) mass is 398 g/mol. The molecule has 1 amide bonds. The predicted molar refractivity (Wildman–Crippen MR) is 85.2 cm³/mol. The standard InChI is InChI=1S/C14H11BrN2O5S/c15-10-5-9(23-8-16)1-2-11(10)17-13(18)7-22-14(19)12-6-20-3-4-21-12/h1-2,5-6H,3-4,7H2,(H,17,18). The van der Waals surface area contributed by atoms with Crippen LogP contribution < -0.4 is 5.32 Å². The topological polar surface area (TPSA) is 97.7 Å². The van der Waals surface area contributed by atoms with Gasteiger partial charge in [0.2, 0.25) is 5.76 Å². The number of thioether (sulfide) groups is 1. The van der Waals surface area contributed by atoms with Crippen LogP contribution in [0.3, 0.4) is 0 Å². The van der Waals surface area contributed by atoms with Crippen LogP contribution in [0.4, 0.5) is 5.69 Å². The number of anilines is 1. The molecule has 7 nitrogen and oxygen atoms in total. The quantitative estimate of drug-likeness (QED) is 0.461. The van der Waals surface area contributed by atoms with Crippen LogP contribution in [0, 0.1) is 10.7 Å². The van der Waals surface area contributed by atoms with Crippen molar-refractivity contribution in [2.45, 2.75) is 4.90 Å². The number of benzene rings is 1. The van der Waals surface area contributed by atoms with Crippen LogP contribution in [-0.2, 0) is 23.8 Å². The number of halogens is 1. The van der Waals surface area contributed by atoms with Crippen molar-refractivity contribution in [3.8, 4) is 5.40 Å². The first kappa shape index (κ1) is 17.2. The van der Waals surface area contributed by atoms with E-state index in [0.717, 1.165) is 22.9 Å². The SMILES string of the molecule is N#CSc1ccc(NC(=O)COC(=O)C2=COCCO2)c(Br)c1. The van der Waals surface area contributed by atoms with Crippen molar-refractivity contribution in [3.05, 3.63) is 34.7 Å². The molecule has 0 spiro atoms. The predicted octanol–water partition coefficient (Wildman–Crippen LogP) is 2.39. The summed E-state index contributed by atoms with van der Waals surface area (Å²) in [4.78, 5) is 24.2. The van der Waals surface area contributed by atoms with Gasteiger partial charge in [-0.25, -0.2) is 4.79 Å². The molecule has 0 unspecified atom stereocenters. The molecular weight excluding hydrogens is 388 g/mol. The summed E-state index contributed by atoms with van der Waals surface area (Å²) in [5, 5.41) is 13.2. The molecule has 0 aliphatic carbocycles. The van der Waals surface area contributed by atoms with E-state index in [0.29, 0.717) is 16.8 Å². The second kappa shape index (κ2) is 8.45. The molecule has 0 fully saturated rings. The van der Waals surface area contributed by atoms with Gasteiger partial charge >= 0.3 is 5.97 Å². The second-order valence-electron chi connectivity index (χ2n) is 4.16. The molecule has 1 N–H and O–H groups in total. The van der Waals surface area contributed by atoms with Gasteiger partial charge in [0, 0.05) is 9.37 Å². The molecule has 1 aromatic rings. The van der Waals surface area contributed by atoms with Gasteiger partial charge in [-0.2, -0.15) is 5.26 Å². The van der Waals surface area contributed by atoms with Crippen LogP contribution in [0.1, 0.15) is 0 Å². The molecule has 2 rings (SSSR count). The third kappa shape index (κ3) is 5.19. The van der Waals surface area contributed by atoms with Crippen LogP contribution in [-0.4, -0.2) is 31.7 Å². The maximum atomic E-state index is 11.8. The lowest BCUT2D eigenvalue weighted by Crippen LogP contribution is -2.23. The number of carbonyl (C=O) groups is 2. The van der Waals surface area contributed by atoms with Crippen molar-refractivity contribution in [1.29, 1.82) is 5.26 Å². The Morgan fingerprint density at radius 1 is 1.43 bits per heavy atom. The molecular formula is C14H11BrN2O5S. The zero-order valence-electron chi connectivity index (χ0n) is 11.7. The van der Waals surface area contributed by atoms with Crippen molar-refractivity contribution < 1.29 is 23.8 Å². The Labute approximate surface area is 144 Å². The number of hydrogen-bond donors (Lipinski definition) is 1. The van der Waals surface area contributed by atoms with E-state index in [1.807, 2.05) is 5.40 Å². The lowest BCUT2D eigenvalue weighted by Gasteiger charge is -2.14. The number of thiocyanates is 1. The molecule has 120 valence electrons. The first-order chi connectivity index (χ1) is 11.1. The van der Waals surface area contributed by atoms with Crippen LogP contribution in [0.2, 0.25) is 0 Å².